The number of allylic oxidation sites excluding steroid dienone is 3. The van der Waals surface area contributed by atoms with Crippen molar-refractivity contribution >= 4 is 34.5 Å². The first-order valence-electron chi connectivity index (χ1n) is 7.22. The van der Waals surface area contributed by atoms with Crippen molar-refractivity contribution in [3.63, 3.8) is 0 Å². The van der Waals surface area contributed by atoms with Gasteiger partial charge in [-0.1, -0.05) is 29.3 Å². The predicted octanol–water partition coefficient (Wildman–Crippen LogP) is 4.80. The van der Waals surface area contributed by atoms with Crippen molar-refractivity contribution in [2.24, 2.45) is 4.99 Å². The van der Waals surface area contributed by atoms with Gasteiger partial charge in [0.25, 0.3) is 0 Å². The van der Waals surface area contributed by atoms with Crippen LogP contribution in [0.5, 0.6) is 0 Å². The second-order valence-electron chi connectivity index (χ2n) is 5.63. The topological polar surface area (TPSA) is 34.4 Å². The lowest BCUT2D eigenvalue weighted by Gasteiger charge is -2.06. The fraction of sp³-hybridized carbons (Fsp3) is 0.222. The number of nitrogens with zero attached hydrogens (tertiary/aromatic N) is 2. The maximum Gasteiger partial charge on any atom is 0.161 e. The monoisotopic (exact) mass is 312 g/mol. The van der Waals surface area contributed by atoms with Crippen LogP contribution in [0.15, 0.2) is 52.8 Å². The van der Waals surface area contributed by atoms with Crippen molar-refractivity contribution in [2.45, 2.75) is 26.8 Å². The Balaban J connectivity index is 2.04. The van der Waals surface area contributed by atoms with Crippen molar-refractivity contribution in [3.05, 3.63) is 58.4 Å². The first-order chi connectivity index (χ1) is 10.5. The lowest BCUT2D eigenvalue weighted by molar-refractivity contribution is 0.101. The van der Waals surface area contributed by atoms with Crippen molar-refractivity contribution in [3.8, 4) is 0 Å². The third-order valence-electron chi connectivity index (χ3n) is 3.80. The zero-order valence-corrected chi connectivity index (χ0v) is 13.4. The van der Waals surface area contributed by atoms with E-state index in [1.165, 1.54) is 5.57 Å². The van der Waals surface area contributed by atoms with Gasteiger partial charge in [0.2, 0.25) is 0 Å². The normalized spacial score (nSPS) is 14.7. The summed E-state index contributed by atoms with van der Waals surface area (Å²) in [5, 5.41) is 1.61. The number of ketones is 1. The molecule has 2 aromatic rings. The van der Waals surface area contributed by atoms with Crippen LogP contribution in [0.3, 0.4) is 0 Å². The second kappa shape index (κ2) is 5.93. The maximum absolute atomic E-state index is 11.9. The van der Waals surface area contributed by atoms with E-state index in [4.69, 9.17) is 11.6 Å². The summed E-state index contributed by atoms with van der Waals surface area (Å²) in [4.78, 5) is 16.2. The van der Waals surface area contributed by atoms with Gasteiger partial charge in [-0.3, -0.25) is 9.79 Å². The number of rotatable bonds is 3. The fourth-order valence-corrected chi connectivity index (χ4v) is 2.80. The van der Waals surface area contributed by atoms with Gasteiger partial charge in [0, 0.05) is 41.1 Å². The molecule has 1 aromatic carbocycles. The Morgan fingerprint density at radius 1 is 1.41 bits per heavy atom. The lowest BCUT2D eigenvalue weighted by Crippen LogP contribution is -2.01. The molecule has 1 aliphatic heterocycles. The van der Waals surface area contributed by atoms with Crippen LogP contribution in [0.1, 0.15) is 30.6 Å². The van der Waals surface area contributed by atoms with Crippen molar-refractivity contribution < 1.29 is 4.79 Å². The number of carbonyl (C=O) groups excluding carboxylic acids is 1. The molecule has 3 rings (SSSR count). The summed E-state index contributed by atoms with van der Waals surface area (Å²) in [5.74, 6) is 0.0621. The molecule has 1 aliphatic rings. The minimum absolute atomic E-state index is 0.0621. The number of aromatic nitrogens is 1. The highest BCUT2D eigenvalue weighted by Gasteiger charge is 2.13. The number of aliphatic imine (C=N–C) groups is 1. The van der Waals surface area contributed by atoms with Gasteiger partial charge in [-0.05, 0) is 38.0 Å². The Kier molecular flexibility index (Phi) is 3.99. The minimum Gasteiger partial charge on any atom is -0.342 e. The molecule has 0 N–H and O–H groups in total. The van der Waals surface area contributed by atoms with Gasteiger partial charge in [0.15, 0.2) is 5.78 Å². The van der Waals surface area contributed by atoms with Crippen molar-refractivity contribution in [2.75, 3.05) is 0 Å². The number of fused-ring (bicyclic) bond motifs is 1. The molecule has 0 unspecified atom stereocenters. The Morgan fingerprint density at radius 3 is 3.00 bits per heavy atom. The largest absolute Gasteiger partial charge is 0.342 e. The van der Waals surface area contributed by atoms with Crippen LogP contribution in [-0.2, 0) is 6.54 Å². The Hall–Kier alpha value is -2.13. The minimum atomic E-state index is 0.0621. The number of benzene rings is 1. The van der Waals surface area contributed by atoms with Crippen LogP contribution in [0.2, 0.25) is 5.02 Å². The molecule has 0 radical (unpaired) electrons. The molecule has 0 saturated heterocycles. The number of halogens is 1. The first kappa shape index (κ1) is 14.8. The highest BCUT2D eigenvalue weighted by molar-refractivity contribution is 6.31. The van der Waals surface area contributed by atoms with E-state index in [9.17, 15) is 4.79 Å². The molecule has 0 spiro atoms. The number of Topliss-reactive ketones (excluding diaryl/α,β-unsaturated/α-hetero) is 1. The summed E-state index contributed by atoms with van der Waals surface area (Å²) in [5.41, 5.74) is 4.06. The maximum atomic E-state index is 11.9. The summed E-state index contributed by atoms with van der Waals surface area (Å²) < 4.78 is 2.07. The second-order valence-corrected chi connectivity index (χ2v) is 6.06. The van der Waals surface area contributed by atoms with Gasteiger partial charge in [0.1, 0.15) is 0 Å². The van der Waals surface area contributed by atoms with Gasteiger partial charge in [-0.25, -0.2) is 0 Å². The van der Waals surface area contributed by atoms with Crippen LogP contribution >= 0.6 is 11.6 Å². The van der Waals surface area contributed by atoms with Gasteiger partial charge in [-0.2, -0.15) is 0 Å². The molecule has 0 saturated carbocycles. The van der Waals surface area contributed by atoms with Gasteiger partial charge in [0.05, 0.1) is 5.52 Å². The molecule has 112 valence electrons. The molecule has 4 heteroatoms. The van der Waals surface area contributed by atoms with E-state index < -0.39 is 0 Å². The van der Waals surface area contributed by atoms with E-state index in [1.54, 1.807) is 6.92 Å². The van der Waals surface area contributed by atoms with Crippen molar-refractivity contribution in [1.82, 2.24) is 4.57 Å². The fourth-order valence-electron chi connectivity index (χ4n) is 2.64. The first-order valence-corrected chi connectivity index (χ1v) is 7.59. The van der Waals surface area contributed by atoms with Crippen LogP contribution in [-0.4, -0.2) is 16.6 Å². The lowest BCUT2D eigenvalue weighted by atomic mass is 10.1. The molecular formula is C18H17ClN2O. The van der Waals surface area contributed by atoms with E-state index in [2.05, 4.69) is 22.6 Å². The van der Waals surface area contributed by atoms with Gasteiger partial charge < -0.3 is 4.57 Å². The average Bonchev–Trinajstić information content (AvgIpc) is 2.69. The van der Waals surface area contributed by atoms with E-state index in [1.807, 2.05) is 36.8 Å². The molecule has 2 heterocycles. The summed E-state index contributed by atoms with van der Waals surface area (Å²) in [6.07, 6.45) is 8.74. The number of hydrogen-bond donors (Lipinski definition) is 0. The SMILES string of the molecule is CC(=O)c1cn(CC2=CCC(C)=CN=C2)c2cc(Cl)ccc12. The van der Waals surface area contributed by atoms with E-state index in [0.29, 0.717) is 11.6 Å². The summed E-state index contributed by atoms with van der Waals surface area (Å²) in [7, 11) is 0. The molecule has 0 aliphatic carbocycles. The highest BCUT2D eigenvalue weighted by atomic mass is 35.5. The molecule has 0 fully saturated rings. The molecule has 22 heavy (non-hydrogen) atoms. The highest BCUT2D eigenvalue weighted by Crippen LogP contribution is 2.26. The molecule has 3 nitrogen and oxygen atoms in total. The van der Waals surface area contributed by atoms with Crippen molar-refractivity contribution in [1.29, 1.82) is 0 Å². The van der Waals surface area contributed by atoms with Crippen LogP contribution < -0.4 is 0 Å². The van der Waals surface area contributed by atoms with Crippen LogP contribution in [0.4, 0.5) is 0 Å². The number of carbonyl (C=O) groups is 1. The van der Waals surface area contributed by atoms with Gasteiger partial charge in [-0.15, -0.1) is 0 Å². The Labute approximate surface area is 134 Å². The average molecular weight is 313 g/mol. The zero-order chi connectivity index (χ0) is 15.7. The molecule has 0 atom stereocenters. The van der Waals surface area contributed by atoms with E-state index >= 15 is 0 Å². The molecular weight excluding hydrogens is 296 g/mol. The third-order valence-corrected chi connectivity index (χ3v) is 4.03. The Morgan fingerprint density at radius 2 is 2.23 bits per heavy atom. The van der Waals surface area contributed by atoms with Gasteiger partial charge >= 0.3 is 0 Å². The van der Waals surface area contributed by atoms with E-state index in [0.717, 1.165) is 28.5 Å². The van der Waals surface area contributed by atoms with Crippen LogP contribution in [0, 0.1) is 0 Å². The summed E-state index contributed by atoms with van der Waals surface area (Å²) >= 11 is 6.12. The zero-order valence-electron chi connectivity index (χ0n) is 12.6. The van der Waals surface area contributed by atoms with E-state index in [-0.39, 0.29) is 5.78 Å². The predicted molar refractivity (Wildman–Crippen MR) is 91.9 cm³/mol. The molecule has 0 amide bonds. The Bertz CT molecular complexity index is 840. The summed E-state index contributed by atoms with van der Waals surface area (Å²) in [6, 6.07) is 5.63. The standard InChI is InChI=1S/C18H17ClN2O/c1-12-3-4-14(9-20-8-12)10-21-11-17(13(2)22)16-6-5-15(19)7-18(16)21/h4-9,11H,3,10H2,1-2H3. The molecule has 1 aromatic heterocycles. The quantitative estimate of drug-likeness (QED) is 0.749. The molecule has 0 bridgehead atoms. The number of hydrogen-bond acceptors (Lipinski definition) is 2. The summed E-state index contributed by atoms with van der Waals surface area (Å²) in [6.45, 7) is 4.33. The smallest absolute Gasteiger partial charge is 0.161 e. The third kappa shape index (κ3) is 2.90. The van der Waals surface area contributed by atoms with Crippen LogP contribution in [0.25, 0.3) is 10.9 Å².